The molecule has 4 nitrogen and oxygen atoms in total. The van der Waals surface area contributed by atoms with E-state index in [4.69, 9.17) is 5.73 Å². The lowest BCUT2D eigenvalue weighted by Gasteiger charge is -2.57. The predicted molar refractivity (Wildman–Crippen MR) is 82.8 cm³/mol. The van der Waals surface area contributed by atoms with E-state index in [9.17, 15) is 4.79 Å². The van der Waals surface area contributed by atoms with Crippen LogP contribution in [0.1, 0.15) is 51.9 Å². The van der Waals surface area contributed by atoms with Crippen LogP contribution in [0.2, 0.25) is 0 Å². The van der Waals surface area contributed by atoms with Gasteiger partial charge in [0.05, 0.1) is 0 Å². The van der Waals surface area contributed by atoms with Crippen molar-refractivity contribution in [2.75, 3.05) is 13.1 Å². The van der Waals surface area contributed by atoms with Gasteiger partial charge < -0.3 is 16.0 Å². The molecule has 0 aromatic carbocycles. The summed E-state index contributed by atoms with van der Waals surface area (Å²) >= 11 is 0. The van der Waals surface area contributed by atoms with Crippen LogP contribution in [0.3, 0.4) is 0 Å². The number of hydrogen-bond donors (Lipinski definition) is 2. The van der Waals surface area contributed by atoms with Crippen molar-refractivity contribution >= 4 is 6.03 Å². The molecular weight excluding hydrogens is 262 g/mol. The summed E-state index contributed by atoms with van der Waals surface area (Å²) in [6.07, 6.45) is 8.96. The second-order valence-electron chi connectivity index (χ2n) is 8.50. The van der Waals surface area contributed by atoms with Crippen LogP contribution in [0.15, 0.2) is 0 Å². The summed E-state index contributed by atoms with van der Waals surface area (Å²) in [5, 5.41) is 3.46. The number of carbonyl (C=O) groups is 1. The lowest BCUT2D eigenvalue weighted by atomic mass is 9.53. The number of nitrogens with one attached hydrogen (secondary N) is 1. The zero-order valence-electron chi connectivity index (χ0n) is 13.2. The third-order valence-electron chi connectivity index (χ3n) is 6.71. The second-order valence-corrected chi connectivity index (χ2v) is 8.50. The monoisotopic (exact) mass is 291 g/mol. The summed E-state index contributed by atoms with van der Waals surface area (Å²) in [6.45, 7) is 3.78. The average molecular weight is 291 g/mol. The van der Waals surface area contributed by atoms with Gasteiger partial charge in [-0.15, -0.1) is 0 Å². The topological polar surface area (TPSA) is 58.4 Å². The SMILES string of the molecule is CC1CCN(C(=O)NC23CC4CC(CC(C4)C2)C3)CC1N. The maximum atomic E-state index is 12.7. The van der Waals surface area contributed by atoms with Crippen molar-refractivity contribution in [3.8, 4) is 0 Å². The molecule has 0 radical (unpaired) electrons. The summed E-state index contributed by atoms with van der Waals surface area (Å²) in [7, 11) is 0. The Bertz CT molecular complexity index is 400. The highest BCUT2D eigenvalue weighted by atomic mass is 16.2. The summed E-state index contributed by atoms with van der Waals surface area (Å²) in [4.78, 5) is 14.7. The van der Waals surface area contributed by atoms with Gasteiger partial charge in [0.15, 0.2) is 0 Å². The Labute approximate surface area is 127 Å². The maximum absolute atomic E-state index is 12.7. The fourth-order valence-corrected chi connectivity index (χ4v) is 5.85. The van der Waals surface area contributed by atoms with E-state index in [0.717, 1.165) is 37.3 Å². The van der Waals surface area contributed by atoms with Gasteiger partial charge in [-0.2, -0.15) is 0 Å². The maximum Gasteiger partial charge on any atom is 0.317 e. The number of amides is 2. The van der Waals surface area contributed by atoms with Crippen LogP contribution in [0.25, 0.3) is 0 Å². The Morgan fingerprint density at radius 3 is 2.24 bits per heavy atom. The first-order chi connectivity index (χ1) is 10.0. The molecule has 1 saturated heterocycles. The Morgan fingerprint density at radius 2 is 1.71 bits per heavy atom. The smallest absolute Gasteiger partial charge is 0.317 e. The quantitative estimate of drug-likeness (QED) is 0.779. The Balaban J connectivity index is 1.42. The van der Waals surface area contributed by atoms with Crippen LogP contribution >= 0.6 is 0 Å². The average Bonchev–Trinajstić information content (AvgIpc) is 2.39. The first-order valence-electron chi connectivity index (χ1n) is 8.86. The zero-order chi connectivity index (χ0) is 14.6. The van der Waals surface area contributed by atoms with Crippen LogP contribution in [0.4, 0.5) is 4.79 Å². The molecule has 2 atom stereocenters. The van der Waals surface area contributed by atoms with Crippen LogP contribution in [-0.2, 0) is 0 Å². The van der Waals surface area contributed by atoms with Crippen molar-refractivity contribution in [1.82, 2.24) is 10.2 Å². The van der Waals surface area contributed by atoms with Crippen LogP contribution < -0.4 is 11.1 Å². The standard InChI is InChI=1S/C17H29N3O/c1-11-2-3-20(10-15(11)18)16(21)19-17-7-12-4-13(8-17)6-14(5-12)9-17/h11-15H,2-10,18H2,1H3,(H,19,21). The lowest BCUT2D eigenvalue weighted by molar-refractivity contribution is -0.0163. The van der Waals surface area contributed by atoms with Crippen molar-refractivity contribution in [1.29, 1.82) is 0 Å². The molecule has 4 saturated carbocycles. The Hall–Kier alpha value is -0.770. The molecule has 21 heavy (non-hydrogen) atoms. The van der Waals surface area contributed by atoms with E-state index in [1.165, 1.54) is 38.5 Å². The third-order valence-corrected chi connectivity index (χ3v) is 6.71. The van der Waals surface area contributed by atoms with E-state index in [0.29, 0.717) is 5.92 Å². The van der Waals surface area contributed by atoms with Crippen molar-refractivity contribution in [2.24, 2.45) is 29.4 Å². The summed E-state index contributed by atoms with van der Waals surface area (Å²) < 4.78 is 0. The molecule has 1 heterocycles. The molecule has 0 aromatic rings. The van der Waals surface area contributed by atoms with E-state index in [1.54, 1.807) is 0 Å². The molecule has 2 amide bonds. The number of hydrogen-bond acceptors (Lipinski definition) is 2. The van der Waals surface area contributed by atoms with Crippen molar-refractivity contribution in [3.05, 3.63) is 0 Å². The summed E-state index contributed by atoms with van der Waals surface area (Å²) in [5.74, 6) is 3.16. The van der Waals surface area contributed by atoms with E-state index in [-0.39, 0.29) is 17.6 Å². The molecule has 4 bridgehead atoms. The molecule has 0 aromatic heterocycles. The molecule has 0 spiro atoms. The number of rotatable bonds is 1. The van der Waals surface area contributed by atoms with Gasteiger partial charge in [0.2, 0.25) is 0 Å². The normalized spacial score (nSPS) is 48.5. The first-order valence-corrected chi connectivity index (χ1v) is 8.86. The van der Waals surface area contributed by atoms with Gasteiger partial charge in [-0.05, 0) is 68.6 Å². The number of urea groups is 1. The van der Waals surface area contributed by atoms with Gasteiger partial charge in [0, 0.05) is 24.7 Å². The minimum Gasteiger partial charge on any atom is -0.333 e. The molecule has 5 fully saturated rings. The molecule has 118 valence electrons. The van der Waals surface area contributed by atoms with E-state index in [1.807, 2.05) is 4.90 Å². The zero-order valence-corrected chi connectivity index (χ0v) is 13.2. The summed E-state index contributed by atoms with van der Waals surface area (Å²) in [6, 6.07) is 0.292. The van der Waals surface area contributed by atoms with Crippen molar-refractivity contribution in [2.45, 2.75) is 63.5 Å². The van der Waals surface area contributed by atoms with Crippen LogP contribution in [0, 0.1) is 23.7 Å². The predicted octanol–water partition coefficient (Wildman–Crippen LogP) is 2.33. The van der Waals surface area contributed by atoms with Gasteiger partial charge >= 0.3 is 6.03 Å². The highest BCUT2D eigenvalue weighted by Gasteiger charge is 2.51. The number of likely N-dealkylation sites (tertiary alicyclic amines) is 1. The number of nitrogens with zero attached hydrogens (tertiary/aromatic N) is 1. The van der Waals surface area contributed by atoms with Gasteiger partial charge in [-0.3, -0.25) is 0 Å². The molecule has 4 aliphatic carbocycles. The molecule has 3 N–H and O–H groups in total. The van der Waals surface area contributed by atoms with Gasteiger partial charge in [-0.25, -0.2) is 4.79 Å². The molecular formula is C17H29N3O. The largest absolute Gasteiger partial charge is 0.333 e. The molecule has 2 unspecified atom stereocenters. The molecule has 4 heteroatoms. The Kier molecular flexibility index (Phi) is 3.21. The van der Waals surface area contributed by atoms with Gasteiger partial charge in [0.1, 0.15) is 0 Å². The fraction of sp³-hybridized carbons (Fsp3) is 0.941. The Morgan fingerprint density at radius 1 is 1.14 bits per heavy atom. The minimum absolute atomic E-state index is 0.124. The molecule has 1 aliphatic heterocycles. The van der Waals surface area contributed by atoms with Crippen molar-refractivity contribution in [3.63, 3.8) is 0 Å². The first kappa shape index (κ1) is 13.9. The minimum atomic E-state index is 0.124. The van der Waals surface area contributed by atoms with Crippen LogP contribution in [-0.4, -0.2) is 35.6 Å². The third kappa shape index (κ3) is 2.45. The van der Waals surface area contributed by atoms with Crippen LogP contribution in [0.5, 0.6) is 0 Å². The number of piperidine rings is 1. The lowest BCUT2D eigenvalue weighted by Crippen LogP contribution is -2.63. The van der Waals surface area contributed by atoms with Crippen molar-refractivity contribution < 1.29 is 4.79 Å². The molecule has 5 rings (SSSR count). The fourth-order valence-electron chi connectivity index (χ4n) is 5.85. The van der Waals surface area contributed by atoms with Gasteiger partial charge in [-0.1, -0.05) is 6.92 Å². The molecule has 5 aliphatic rings. The van der Waals surface area contributed by atoms with E-state index >= 15 is 0 Å². The van der Waals surface area contributed by atoms with E-state index in [2.05, 4.69) is 12.2 Å². The highest BCUT2D eigenvalue weighted by molar-refractivity contribution is 5.75. The summed E-state index contributed by atoms with van der Waals surface area (Å²) in [5.41, 5.74) is 6.27. The van der Waals surface area contributed by atoms with E-state index < -0.39 is 0 Å². The van der Waals surface area contributed by atoms with Gasteiger partial charge in [0.25, 0.3) is 0 Å². The highest BCUT2D eigenvalue weighted by Crippen LogP contribution is 2.55. The number of nitrogens with two attached hydrogens (primary N) is 1. The number of carbonyl (C=O) groups excluding carboxylic acids is 1. The second kappa shape index (κ2) is 4.87.